The van der Waals surface area contributed by atoms with E-state index in [1.807, 2.05) is 7.05 Å². The molecule has 1 heterocycles. The Labute approximate surface area is 104 Å². The topological polar surface area (TPSA) is 47.0 Å². The average Bonchev–Trinajstić information content (AvgIpc) is 2.40. The van der Waals surface area contributed by atoms with Gasteiger partial charge in [0.2, 0.25) is 0 Å². The molecule has 1 N–H and O–H groups in total. The Kier molecular flexibility index (Phi) is 5.88. The SMILES string of the molecule is CN(C)CCCN1CCN(C)CC(C(=O)O)C1. The molecule has 1 aliphatic rings. The molecule has 0 aromatic carbocycles. The Balaban J connectivity index is 2.40. The van der Waals surface area contributed by atoms with Crippen molar-refractivity contribution < 1.29 is 9.90 Å². The molecule has 1 saturated heterocycles. The summed E-state index contributed by atoms with van der Waals surface area (Å²) in [5.41, 5.74) is 0. The summed E-state index contributed by atoms with van der Waals surface area (Å²) >= 11 is 0. The highest BCUT2D eigenvalue weighted by Gasteiger charge is 2.25. The van der Waals surface area contributed by atoms with Crippen LogP contribution in [0.4, 0.5) is 0 Å². The number of likely N-dealkylation sites (N-methyl/N-ethyl adjacent to an activating group) is 1. The molecule has 0 aliphatic carbocycles. The van der Waals surface area contributed by atoms with Gasteiger partial charge in [-0.15, -0.1) is 0 Å². The number of carboxylic acids is 1. The number of hydrogen-bond acceptors (Lipinski definition) is 4. The van der Waals surface area contributed by atoms with Crippen LogP contribution in [0.3, 0.4) is 0 Å². The second-order valence-corrected chi connectivity index (χ2v) is 5.25. The van der Waals surface area contributed by atoms with E-state index < -0.39 is 5.97 Å². The van der Waals surface area contributed by atoms with Crippen LogP contribution >= 0.6 is 0 Å². The summed E-state index contributed by atoms with van der Waals surface area (Å²) in [6.45, 7) is 5.35. The molecule has 1 rings (SSSR count). The van der Waals surface area contributed by atoms with Gasteiger partial charge in [-0.2, -0.15) is 0 Å². The minimum Gasteiger partial charge on any atom is -0.481 e. The lowest BCUT2D eigenvalue weighted by molar-refractivity contribution is -0.142. The van der Waals surface area contributed by atoms with E-state index in [2.05, 4.69) is 28.8 Å². The first-order valence-corrected chi connectivity index (χ1v) is 6.27. The smallest absolute Gasteiger partial charge is 0.309 e. The zero-order chi connectivity index (χ0) is 12.8. The summed E-state index contributed by atoms with van der Waals surface area (Å²) < 4.78 is 0. The van der Waals surface area contributed by atoms with Crippen LogP contribution in [-0.2, 0) is 4.79 Å². The van der Waals surface area contributed by atoms with Crippen LogP contribution in [0.1, 0.15) is 6.42 Å². The number of aliphatic carboxylic acids is 1. The van der Waals surface area contributed by atoms with Gasteiger partial charge < -0.3 is 19.8 Å². The second-order valence-electron chi connectivity index (χ2n) is 5.25. The second kappa shape index (κ2) is 6.93. The number of hydrogen-bond donors (Lipinski definition) is 1. The molecule has 0 radical (unpaired) electrons. The fourth-order valence-corrected chi connectivity index (χ4v) is 2.21. The molecule has 0 aromatic heterocycles. The minimum atomic E-state index is -0.670. The normalized spacial score (nSPS) is 23.9. The fraction of sp³-hybridized carbons (Fsp3) is 0.917. The van der Waals surface area contributed by atoms with Gasteiger partial charge in [-0.1, -0.05) is 0 Å². The minimum absolute atomic E-state index is 0.248. The lowest BCUT2D eigenvalue weighted by atomic mass is 10.1. The highest BCUT2D eigenvalue weighted by atomic mass is 16.4. The van der Waals surface area contributed by atoms with E-state index >= 15 is 0 Å². The van der Waals surface area contributed by atoms with Gasteiger partial charge in [-0.3, -0.25) is 4.79 Å². The quantitative estimate of drug-likeness (QED) is 0.730. The van der Waals surface area contributed by atoms with Crippen molar-refractivity contribution in [3.63, 3.8) is 0 Å². The maximum absolute atomic E-state index is 11.1. The zero-order valence-corrected chi connectivity index (χ0v) is 11.2. The summed E-state index contributed by atoms with van der Waals surface area (Å²) in [4.78, 5) is 17.7. The molecule has 5 heteroatoms. The maximum Gasteiger partial charge on any atom is 0.309 e. The Morgan fingerprint density at radius 3 is 2.65 bits per heavy atom. The van der Waals surface area contributed by atoms with Gasteiger partial charge >= 0.3 is 5.97 Å². The summed E-state index contributed by atoms with van der Waals surface area (Å²) in [7, 11) is 6.13. The fourth-order valence-electron chi connectivity index (χ4n) is 2.21. The van der Waals surface area contributed by atoms with Crippen LogP contribution in [0.2, 0.25) is 0 Å². The van der Waals surface area contributed by atoms with E-state index in [4.69, 9.17) is 5.11 Å². The van der Waals surface area contributed by atoms with Crippen LogP contribution < -0.4 is 0 Å². The zero-order valence-electron chi connectivity index (χ0n) is 11.2. The molecule has 0 bridgehead atoms. The summed E-state index contributed by atoms with van der Waals surface area (Å²) in [5.74, 6) is -0.918. The van der Waals surface area contributed by atoms with Crippen LogP contribution in [0.5, 0.6) is 0 Å². The first-order chi connectivity index (χ1) is 7.99. The van der Waals surface area contributed by atoms with E-state index in [0.717, 1.165) is 32.6 Å². The van der Waals surface area contributed by atoms with Gasteiger partial charge in [0, 0.05) is 26.2 Å². The first kappa shape index (κ1) is 14.4. The van der Waals surface area contributed by atoms with E-state index in [0.29, 0.717) is 13.1 Å². The van der Waals surface area contributed by atoms with Crippen LogP contribution in [-0.4, -0.2) is 86.2 Å². The van der Waals surface area contributed by atoms with Crippen LogP contribution in [0, 0.1) is 5.92 Å². The van der Waals surface area contributed by atoms with Gasteiger partial charge in [0.25, 0.3) is 0 Å². The third-order valence-electron chi connectivity index (χ3n) is 3.24. The molecule has 1 atom stereocenters. The van der Waals surface area contributed by atoms with E-state index in [1.54, 1.807) is 0 Å². The average molecular weight is 243 g/mol. The molecule has 1 unspecified atom stereocenters. The van der Waals surface area contributed by atoms with Gasteiger partial charge in [0.05, 0.1) is 5.92 Å². The van der Waals surface area contributed by atoms with Crippen molar-refractivity contribution in [2.75, 3.05) is 60.4 Å². The van der Waals surface area contributed by atoms with Crippen LogP contribution in [0.15, 0.2) is 0 Å². The van der Waals surface area contributed by atoms with Crippen molar-refractivity contribution in [2.45, 2.75) is 6.42 Å². The third-order valence-corrected chi connectivity index (χ3v) is 3.24. The Morgan fingerprint density at radius 1 is 1.35 bits per heavy atom. The summed E-state index contributed by atoms with van der Waals surface area (Å²) in [6, 6.07) is 0. The predicted molar refractivity (Wildman–Crippen MR) is 68.2 cm³/mol. The van der Waals surface area contributed by atoms with Gasteiger partial charge in [-0.05, 0) is 40.7 Å². The standard InChI is InChI=1S/C12H25N3O2/c1-13(2)5-4-6-15-8-7-14(3)9-11(10-15)12(16)17/h11H,4-10H2,1-3H3,(H,16,17). The lowest BCUT2D eigenvalue weighted by Crippen LogP contribution is -2.35. The molecule has 1 aliphatic heterocycles. The number of rotatable bonds is 5. The van der Waals surface area contributed by atoms with Gasteiger partial charge in [-0.25, -0.2) is 0 Å². The largest absolute Gasteiger partial charge is 0.481 e. The molecule has 5 nitrogen and oxygen atoms in total. The van der Waals surface area contributed by atoms with E-state index in [1.165, 1.54) is 0 Å². The van der Waals surface area contributed by atoms with Crippen molar-refractivity contribution in [3.8, 4) is 0 Å². The molecule has 17 heavy (non-hydrogen) atoms. The molecular formula is C12H25N3O2. The van der Waals surface area contributed by atoms with Crippen LogP contribution in [0.25, 0.3) is 0 Å². The Morgan fingerprint density at radius 2 is 2.06 bits per heavy atom. The third kappa shape index (κ3) is 5.48. The number of nitrogens with zero attached hydrogens (tertiary/aromatic N) is 3. The van der Waals surface area contributed by atoms with Crippen molar-refractivity contribution in [1.29, 1.82) is 0 Å². The molecule has 0 saturated carbocycles. The lowest BCUT2D eigenvalue weighted by Gasteiger charge is -2.22. The van der Waals surface area contributed by atoms with E-state index in [9.17, 15) is 4.79 Å². The van der Waals surface area contributed by atoms with Gasteiger partial charge in [0.15, 0.2) is 0 Å². The number of carbonyl (C=O) groups is 1. The van der Waals surface area contributed by atoms with E-state index in [-0.39, 0.29) is 5.92 Å². The van der Waals surface area contributed by atoms with Crippen molar-refractivity contribution in [2.24, 2.45) is 5.92 Å². The van der Waals surface area contributed by atoms with Crippen molar-refractivity contribution in [3.05, 3.63) is 0 Å². The molecule has 100 valence electrons. The maximum atomic E-state index is 11.1. The van der Waals surface area contributed by atoms with Gasteiger partial charge in [0.1, 0.15) is 0 Å². The predicted octanol–water partition coefficient (Wildman–Crippen LogP) is -0.114. The first-order valence-electron chi connectivity index (χ1n) is 6.27. The monoisotopic (exact) mass is 243 g/mol. The Bertz CT molecular complexity index is 246. The highest BCUT2D eigenvalue weighted by molar-refractivity contribution is 5.70. The molecular weight excluding hydrogens is 218 g/mol. The Hall–Kier alpha value is -0.650. The highest BCUT2D eigenvalue weighted by Crippen LogP contribution is 2.09. The summed E-state index contributed by atoms with van der Waals surface area (Å²) in [6.07, 6.45) is 1.10. The molecule has 0 aromatic rings. The number of carboxylic acid groups (broad SMARTS) is 1. The van der Waals surface area contributed by atoms with Crippen molar-refractivity contribution >= 4 is 5.97 Å². The summed E-state index contributed by atoms with van der Waals surface area (Å²) in [5, 5.41) is 9.15. The molecule has 0 amide bonds. The molecule has 0 spiro atoms. The van der Waals surface area contributed by atoms with Crippen molar-refractivity contribution in [1.82, 2.24) is 14.7 Å². The molecule has 1 fully saturated rings.